The third kappa shape index (κ3) is 3.21. The Balaban J connectivity index is 1.96. The molecule has 1 aliphatic rings. The maximum absolute atomic E-state index is 12.4. The summed E-state index contributed by atoms with van der Waals surface area (Å²) in [5, 5.41) is 2.91. The van der Waals surface area contributed by atoms with Crippen LogP contribution in [-0.2, 0) is 16.1 Å². The van der Waals surface area contributed by atoms with E-state index in [-0.39, 0.29) is 17.9 Å². The van der Waals surface area contributed by atoms with Crippen LogP contribution in [-0.4, -0.2) is 34.3 Å². The van der Waals surface area contributed by atoms with Crippen LogP contribution >= 0.6 is 0 Å². The Kier molecular flexibility index (Phi) is 4.16. The SMILES string of the molecule is CC(C)(C)C(=O)N1CCCC1C(=O)NCc1cc[nH]c1. The second-order valence-electron chi connectivity index (χ2n) is 6.34. The van der Waals surface area contributed by atoms with Crippen molar-refractivity contribution in [2.45, 2.75) is 46.2 Å². The molecule has 0 aliphatic carbocycles. The van der Waals surface area contributed by atoms with Gasteiger partial charge in [-0.3, -0.25) is 9.59 Å². The number of rotatable bonds is 3. The van der Waals surface area contributed by atoms with Crippen molar-refractivity contribution in [1.29, 1.82) is 0 Å². The van der Waals surface area contributed by atoms with Crippen molar-refractivity contribution in [3.63, 3.8) is 0 Å². The number of hydrogen-bond acceptors (Lipinski definition) is 2. The first-order chi connectivity index (χ1) is 9.39. The summed E-state index contributed by atoms with van der Waals surface area (Å²) in [7, 11) is 0. The summed E-state index contributed by atoms with van der Waals surface area (Å²) < 4.78 is 0. The fourth-order valence-corrected chi connectivity index (χ4v) is 2.49. The van der Waals surface area contributed by atoms with Crippen LogP contribution in [0.1, 0.15) is 39.2 Å². The Hall–Kier alpha value is -1.78. The first kappa shape index (κ1) is 14.6. The standard InChI is InChI=1S/C15H23N3O2/c1-15(2,3)14(20)18-8-4-5-12(18)13(19)17-10-11-6-7-16-9-11/h6-7,9,12,16H,4-5,8,10H2,1-3H3,(H,17,19). The summed E-state index contributed by atoms with van der Waals surface area (Å²) in [6.07, 6.45) is 5.32. The van der Waals surface area contributed by atoms with Crippen LogP contribution in [0.15, 0.2) is 18.5 Å². The minimum absolute atomic E-state index is 0.0526. The average Bonchev–Trinajstić information content (AvgIpc) is 3.04. The molecule has 5 heteroatoms. The quantitative estimate of drug-likeness (QED) is 0.882. The van der Waals surface area contributed by atoms with Crippen LogP contribution in [0, 0.1) is 5.41 Å². The predicted molar refractivity (Wildman–Crippen MR) is 76.8 cm³/mol. The van der Waals surface area contributed by atoms with Crippen molar-refractivity contribution in [3.05, 3.63) is 24.0 Å². The summed E-state index contributed by atoms with van der Waals surface area (Å²) in [5.74, 6) is -0.00176. The summed E-state index contributed by atoms with van der Waals surface area (Å²) in [4.78, 5) is 29.3. The largest absolute Gasteiger partial charge is 0.367 e. The van der Waals surface area contributed by atoms with Gasteiger partial charge in [0.1, 0.15) is 6.04 Å². The number of amides is 2. The summed E-state index contributed by atoms with van der Waals surface area (Å²) in [6.45, 7) is 6.85. The molecule has 1 unspecified atom stereocenters. The van der Waals surface area contributed by atoms with Crippen LogP contribution < -0.4 is 5.32 Å². The lowest BCUT2D eigenvalue weighted by Gasteiger charge is -2.30. The highest BCUT2D eigenvalue weighted by Gasteiger charge is 2.38. The molecule has 0 aromatic carbocycles. The highest BCUT2D eigenvalue weighted by molar-refractivity contribution is 5.90. The van der Waals surface area contributed by atoms with Crippen molar-refractivity contribution in [2.75, 3.05) is 6.54 Å². The monoisotopic (exact) mass is 277 g/mol. The molecule has 1 aliphatic heterocycles. The van der Waals surface area contributed by atoms with Gasteiger partial charge in [0, 0.05) is 30.9 Å². The van der Waals surface area contributed by atoms with E-state index in [2.05, 4.69) is 10.3 Å². The Bertz CT molecular complexity index is 474. The van der Waals surface area contributed by atoms with Crippen molar-refractivity contribution in [2.24, 2.45) is 5.41 Å². The number of aromatic amines is 1. The molecule has 5 nitrogen and oxygen atoms in total. The number of hydrogen-bond donors (Lipinski definition) is 2. The molecular weight excluding hydrogens is 254 g/mol. The second-order valence-corrected chi connectivity index (χ2v) is 6.34. The fraction of sp³-hybridized carbons (Fsp3) is 0.600. The molecule has 2 heterocycles. The molecule has 2 N–H and O–H groups in total. The topological polar surface area (TPSA) is 65.2 Å². The fourth-order valence-electron chi connectivity index (χ4n) is 2.49. The smallest absolute Gasteiger partial charge is 0.243 e. The predicted octanol–water partition coefficient (Wildman–Crippen LogP) is 1.67. The van der Waals surface area contributed by atoms with Gasteiger partial charge >= 0.3 is 0 Å². The van der Waals surface area contributed by atoms with Gasteiger partial charge in [-0.25, -0.2) is 0 Å². The minimum atomic E-state index is -0.441. The van der Waals surface area contributed by atoms with E-state index >= 15 is 0 Å². The molecule has 0 spiro atoms. The van der Waals surface area contributed by atoms with Crippen LogP contribution in [0.2, 0.25) is 0 Å². The van der Waals surface area contributed by atoms with E-state index in [1.54, 1.807) is 4.90 Å². The van der Waals surface area contributed by atoms with Crippen LogP contribution in [0.5, 0.6) is 0 Å². The molecule has 1 aromatic rings. The molecule has 1 aromatic heterocycles. The minimum Gasteiger partial charge on any atom is -0.367 e. The summed E-state index contributed by atoms with van der Waals surface area (Å²) in [5.41, 5.74) is 0.591. The number of carbonyl (C=O) groups is 2. The van der Waals surface area contributed by atoms with Gasteiger partial charge in [0.05, 0.1) is 0 Å². The third-order valence-corrected chi connectivity index (χ3v) is 3.59. The van der Waals surface area contributed by atoms with Crippen molar-refractivity contribution >= 4 is 11.8 Å². The van der Waals surface area contributed by atoms with E-state index in [1.165, 1.54) is 0 Å². The first-order valence-corrected chi connectivity index (χ1v) is 7.10. The Morgan fingerprint density at radius 2 is 2.20 bits per heavy atom. The zero-order valence-corrected chi connectivity index (χ0v) is 12.4. The van der Waals surface area contributed by atoms with Gasteiger partial charge in [-0.1, -0.05) is 20.8 Å². The zero-order chi connectivity index (χ0) is 14.8. The van der Waals surface area contributed by atoms with Gasteiger partial charge in [-0.2, -0.15) is 0 Å². The Labute approximate surface area is 119 Å². The Morgan fingerprint density at radius 1 is 1.45 bits per heavy atom. The van der Waals surface area contributed by atoms with Crippen molar-refractivity contribution in [1.82, 2.24) is 15.2 Å². The molecule has 110 valence electrons. The molecule has 0 bridgehead atoms. The molecule has 2 amide bonds. The van der Waals surface area contributed by atoms with Gasteiger partial charge in [0.25, 0.3) is 0 Å². The lowest BCUT2D eigenvalue weighted by molar-refractivity contribution is -0.144. The lowest BCUT2D eigenvalue weighted by atomic mass is 9.94. The van der Waals surface area contributed by atoms with E-state index < -0.39 is 5.41 Å². The molecule has 1 atom stereocenters. The highest BCUT2D eigenvalue weighted by atomic mass is 16.2. The third-order valence-electron chi connectivity index (χ3n) is 3.59. The maximum Gasteiger partial charge on any atom is 0.243 e. The zero-order valence-electron chi connectivity index (χ0n) is 12.4. The first-order valence-electron chi connectivity index (χ1n) is 7.10. The van der Waals surface area contributed by atoms with Gasteiger partial charge < -0.3 is 15.2 Å². The highest BCUT2D eigenvalue weighted by Crippen LogP contribution is 2.25. The molecule has 1 fully saturated rings. The second kappa shape index (κ2) is 5.69. The number of nitrogens with one attached hydrogen (secondary N) is 2. The lowest BCUT2D eigenvalue weighted by Crippen LogP contribution is -2.49. The normalized spacial score (nSPS) is 19.1. The summed E-state index contributed by atoms with van der Waals surface area (Å²) in [6, 6.07) is 1.60. The van der Waals surface area contributed by atoms with Gasteiger partial charge in [-0.15, -0.1) is 0 Å². The number of nitrogens with zero attached hydrogens (tertiary/aromatic N) is 1. The van der Waals surface area contributed by atoms with Gasteiger partial charge in [0.2, 0.25) is 11.8 Å². The van der Waals surface area contributed by atoms with Gasteiger partial charge in [0.15, 0.2) is 0 Å². The van der Waals surface area contributed by atoms with Crippen molar-refractivity contribution in [3.8, 4) is 0 Å². The average molecular weight is 277 g/mol. The maximum atomic E-state index is 12.4. The van der Waals surface area contributed by atoms with Crippen LogP contribution in [0.25, 0.3) is 0 Å². The molecule has 20 heavy (non-hydrogen) atoms. The van der Waals surface area contributed by atoms with E-state index in [0.29, 0.717) is 13.1 Å². The number of carbonyl (C=O) groups excluding carboxylic acids is 2. The van der Waals surface area contributed by atoms with E-state index in [4.69, 9.17) is 0 Å². The molecule has 2 rings (SSSR count). The summed E-state index contributed by atoms with van der Waals surface area (Å²) >= 11 is 0. The van der Waals surface area contributed by atoms with E-state index in [0.717, 1.165) is 18.4 Å². The van der Waals surface area contributed by atoms with Crippen LogP contribution in [0.3, 0.4) is 0 Å². The number of aromatic nitrogens is 1. The van der Waals surface area contributed by atoms with Crippen molar-refractivity contribution < 1.29 is 9.59 Å². The molecule has 0 saturated carbocycles. The number of likely N-dealkylation sites (tertiary alicyclic amines) is 1. The molecule has 0 radical (unpaired) electrons. The molecular formula is C15H23N3O2. The van der Waals surface area contributed by atoms with Crippen LogP contribution in [0.4, 0.5) is 0 Å². The van der Waals surface area contributed by atoms with Gasteiger partial charge in [-0.05, 0) is 24.5 Å². The number of H-pyrrole nitrogens is 1. The van der Waals surface area contributed by atoms with E-state index in [9.17, 15) is 9.59 Å². The molecule has 1 saturated heterocycles. The Morgan fingerprint density at radius 3 is 2.80 bits per heavy atom. The van der Waals surface area contributed by atoms with E-state index in [1.807, 2.05) is 39.2 Å².